The van der Waals surface area contributed by atoms with E-state index in [2.05, 4.69) is 21.2 Å². The molecule has 18 heavy (non-hydrogen) atoms. The van der Waals surface area contributed by atoms with Crippen LogP contribution in [0.1, 0.15) is 19.3 Å². The molecule has 2 unspecified atom stereocenters. The number of rotatable bonds is 2. The molecule has 1 aliphatic rings. The van der Waals surface area contributed by atoms with Crippen molar-refractivity contribution in [2.24, 2.45) is 11.7 Å². The third-order valence-electron chi connectivity index (χ3n) is 3.09. The fourth-order valence-corrected chi connectivity index (χ4v) is 2.50. The molecule has 1 aliphatic carbocycles. The maximum Gasteiger partial charge on any atom is 0.229 e. The number of hydrogen-bond acceptors (Lipinski definition) is 2. The zero-order valence-corrected chi connectivity index (χ0v) is 12.1. The third-order valence-corrected chi connectivity index (χ3v) is 3.70. The lowest BCUT2D eigenvalue weighted by Crippen LogP contribution is -2.34. The Hall–Kier alpha value is -0.650. The van der Waals surface area contributed by atoms with Crippen LogP contribution in [-0.4, -0.2) is 11.9 Å². The first-order chi connectivity index (χ1) is 8.08. The van der Waals surface area contributed by atoms with Gasteiger partial charge >= 0.3 is 0 Å². The van der Waals surface area contributed by atoms with E-state index in [1.165, 1.54) is 6.07 Å². The second-order valence-corrected chi connectivity index (χ2v) is 5.17. The van der Waals surface area contributed by atoms with Gasteiger partial charge in [-0.15, -0.1) is 12.4 Å². The standard InChI is InChI=1S/C12H14BrFN2O.ClH/c13-9-6-7(4-5-10(9)14)16-12(17)8-2-1-3-11(8)15;/h4-6,8,11H,1-3,15H2,(H,16,17);1H. The van der Waals surface area contributed by atoms with Gasteiger partial charge in [-0.3, -0.25) is 4.79 Å². The molecular formula is C12H15BrClFN2O. The van der Waals surface area contributed by atoms with E-state index in [1.54, 1.807) is 12.1 Å². The molecule has 0 saturated heterocycles. The number of amides is 1. The molecule has 0 aliphatic heterocycles. The first kappa shape index (κ1) is 15.4. The Morgan fingerprint density at radius 2 is 2.17 bits per heavy atom. The van der Waals surface area contributed by atoms with Crippen LogP contribution in [0.25, 0.3) is 0 Å². The number of carbonyl (C=O) groups is 1. The van der Waals surface area contributed by atoms with E-state index in [0.717, 1.165) is 19.3 Å². The van der Waals surface area contributed by atoms with Crippen molar-refractivity contribution in [1.82, 2.24) is 0 Å². The van der Waals surface area contributed by atoms with Crippen molar-refractivity contribution in [3.63, 3.8) is 0 Å². The van der Waals surface area contributed by atoms with Crippen LogP contribution >= 0.6 is 28.3 Å². The van der Waals surface area contributed by atoms with Gasteiger partial charge in [-0.05, 0) is 47.0 Å². The zero-order valence-electron chi connectivity index (χ0n) is 9.66. The third kappa shape index (κ3) is 3.43. The van der Waals surface area contributed by atoms with Gasteiger partial charge in [0.05, 0.1) is 10.4 Å². The molecule has 1 aromatic carbocycles. The minimum Gasteiger partial charge on any atom is -0.327 e. The zero-order chi connectivity index (χ0) is 12.4. The highest BCUT2D eigenvalue weighted by Gasteiger charge is 2.30. The Morgan fingerprint density at radius 1 is 1.44 bits per heavy atom. The molecule has 3 N–H and O–H groups in total. The Balaban J connectivity index is 0.00000162. The number of nitrogens with one attached hydrogen (secondary N) is 1. The lowest BCUT2D eigenvalue weighted by molar-refractivity contribution is -0.120. The van der Waals surface area contributed by atoms with Gasteiger partial charge in [-0.1, -0.05) is 6.42 Å². The van der Waals surface area contributed by atoms with Crippen LogP contribution in [0, 0.1) is 11.7 Å². The van der Waals surface area contributed by atoms with Crippen molar-refractivity contribution in [3.8, 4) is 0 Å². The first-order valence-electron chi connectivity index (χ1n) is 5.59. The van der Waals surface area contributed by atoms with Crippen LogP contribution in [0.2, 0.25) is 0 Å². The normalized spacial score (nSPS) is 22.4. The van der Waals surface area contributed by atoms with Crippen LogP contribution in [0.4, 0.5) is 10.1 Å². The van der Waals surface area contributed by atoms with Gasteiger partial charge in [0.15, 0.2) is 0 Å². The quantitative estimate of drug-likeness (QED) is 0.871. The molecule has 0 spiro atoms. The summed E-state index contributed by atoms with van der Waals surface area (Å²) in [5, 5.41) is 2.77. The van der Waals surface area contributed by atoms with Crippen LogP contribution in [0.5, 0.6) is 0 Å². The molecule has 6 heteroatoms. The number of anilines is 1. The highest BCUT2D eigenvalue weighted by molar-refractivity contribution is 9.10. The average Bonchev–Trinajstić information content (AvgIpc) is 2.70. The van der Waals surface area contributed by atoms with Crippen LogP contribution in [0.3, 0.4) is 0 Å². The number of nitrogens with two attached hydrogens (primary N) is 1. The molecule has 0 heterocycles. The van der Waals surface area contributed by atoms with Crippen molar-refractivity contribution in [2.45, 2.75) is 25.3 Å². The summed E-state index contributed by atoms with van der Waals surface area (Å²) in [6, 6.07) is 4.35. The van der Waals surface area contributed by atoms with E-state index in [4.69, 9.17) is 5.73 Å². The summed E-state index contributed by atoms with van der Waals surface area (Å²) in [7, 11) is 0. The summed E-state index contributed by atoms with van der Waals surface area (Å²) in [4.78, 5) is 11.9. The summed E-state index contributed by atoms with van der Waals surface area (Å²) >= 11 is 3.08. The van der Waals surface area contributed by atoms with Gasteiger partial charge in [0, 0.05) is 11.7 Å². The molecular weight excluding hydrogens is 322 g/mol. The van der Waals surface area contributed by atoms with Crippen LogP contribution < -0.4 is 11.1 Å². The number of halogens is 3. The van der Waals surface area contributed by atoms with Gasteiger partial charge in [-0.25, -0.2) is 4.39 Å². The maximum atomic E-state index is 13.0. The highest BCUT2D eigenvalue weighted by atomic mass is 79.9. The van der Waals surface area contributed by atoms with Gasteiger partial charge in [0.1, 0.15) is 5.82 Å². The lowest BCUT2D eigenvalue weighted by Gasteiger charge is -2.15. The predicted octanol–water partition coefficient (Wildman–Crippen LogP) is 3.08. The number of benzene rings is 1. The molecule has 0 bridgehead atoms. The molecule has 1 amide bonds. The average molecular weight is 338 g/mol. The Kier molecular flexibility index (Phi) is 5.56. The fourth-order valence-electron chi connectivity index (χ4n) is 2.12. The van der Waals surface area contributed by atoms with Crippen molar-refractivity contribution in [2.75, 3.05) is 5.32 Å². The maximum absolute atomic E-state index is 13.0. The summed E-state index contributed by atoms with van der Waals surface area (Å²) in [5.41, 5.74) is 6.44. The van der Waals surface area contributed by atoms with Crippen LogP contribution in [-0.2, 0) is 4.79 Å². The van der Waals surface area contributed by atoms with E-state index >= 15 is 0 Å². The predicted molar refractivity (Wildman–Crippen MR) is 75.3 cm³/mol. The summed E-state index contributed by atoms with van der Waals surface area (Å²) < 4.78 is 13.4. The van der Waals surface area contributed by atoms with E-state index in [9.17, 15) is 9.18 Å². The highest BCUT2D eigenvalue weighted by Crippen LogP contribution is 2.26. The Labute approximate surface area is 120 Å². The van der Waals surface area contributed by atoms with Gasteiger partial charge in [0.2, 0.25) is 5.91 Å². The summed E-state index contributed by atoms with van der Waals surface area (Å²) in [6.07, 6.45) is 2.72. The van der Waals surface area contributed by atoms with Crippen molar-refractivity contribution < 1.29 is 9.18 Å². The fraction of sp³-hybridized carbons (Fsp3) is 0.417. The van der Waals surface area contributed by atoms with Crippen LogP contribution in [0.15, 0.2) is 22.7 Å². The van der Waals surface area contributed by atoms with Gasteiger partial charge in [0.25, 0.3) is 0 Å². The first-order valence-corrected chi connectivity index (χ1v) is 6.38. The Morgan fingerprint density at radius 3 is 2.72 bits per heavy atom. The molecule has 2 rings (SSSR count). The second kappa shape index (κ2) is 6.50. The molecule has 1 aromatic rings. The summed E-state index contributed by atoms with van der Waals surface area (Å²) in [6.45, 7) is 0. The molecule has 3 nitrogen and oxygen atoms in total. The molecule has 1 fully saturated rings. The topological polar surface area (TPSA) is 55.1 Å². The molecule has 2 atom stereocenters. The number of carbonyl (C=O) groups excluding carboxylic acids is 1. The molecule has 100 valence electrons. The monoisotopic (exact) mass is 336 g/mol. The van der Waals surface area contributed by atoms with Crippen molar-refractivity contribution >= 4 is 39.9 Å². The van der Waals surface area contributed by atoms with E-state index in [1.807, 2.05) is 0 Å². The molecule has 1 saturated carbocycles. The van der Waals surface area contributed by atoms with Gasteiger partial charge in [-0.2, -0.15) is 0 Å². The largest absolute Gasteiger partial charge is 0.327 e. The van der Waals surface area contributed by atoms with E-state index in [0.29, 0.717) is 10.2 Å². The van der Waals surface area contributed by atoms with E-state index in [-0.39, 0.29) is 36.1 Å². The van der Waals surface area contributed by atoms with Crippen molar-refractivity contribution in [3.05, 3.63) is 28.5 Å². The van der Waals surface area contributed by atoms with Crippen molar-refractivity contribution in [1.29, 1.82) is 0 Å². The molecule has 0 radical (unpaired) electrons. The minimum absolute atomic E-state index is 0. The summed E-state index contributed by atoms with van der Waals surface area (Å²) in [5.74, 6) is -0.548. The van der Waals surface area contributed by atoms with E-state index < -0.39 is 0 Å². The van der Waals surface area contributed by atoms with Gasteiger partial charge < -0.3 is 11.1 Å². The Bertz CT molecular complexity index is 444. The second-order valence-electron chi connectivity index (χ2n) is 4.32. The molecule has 0 aromatic heterocycles. The SMILES string of the molecule is Cl.NC1CCCC1C(=O)Nc1ccc(F)c(Br)c1. The smallest absolute Gasteiger partial charge is 0.229 e. The lowest BCUT2D eigenvalue weighted by atomic mass is 10.0. The number of hydrogen-bond donors (Lipinski definition) is 2. The minimum atomic E-state index is -0.347.